The van der Waals surface area contributed by atoms with Crippen molar-refractivity contribution >= 4 is 40.1 Å². The van der Waals surface area contributed by atoms with Gasteiger partial charge in [-0.3, -0.25) is 9.59 Å². The summed E-state index contributed by atoms with van der Waals surface area (Å²) in [5, 5.41) is 3.02. The lowest BCUT2D eigenvalue weighted by Gasteiger charge is -2.30. The molecule has 196 valence electrons. The van der Waals surface area contributed by atoms with Crippen LogP contribution in [-0.2, 0) is 4.79 Å². The van der Waals surface area contributed by atoms with Crippen LogP contribution in [0.1, 0.15) is 54.6 Å². The highest BCUT2D eigenvalue weighted by molar-refractivity contribution is 6.37. The van der Waals surface area contributed by atoms with Gasteiger partial charge in [0, 0.05) is 61.4 Å². The molecule has 3 aromatic carbocycles. The van der Waals surface area contributed by atoms with Gasteiger partial charge in [0.1, 0.15) is 0 Å². The molecule has 2 amide bonds. The van der Waals surface area contributed by atoms with Gasteiger partial charge in [-0.2, -0.15) is 0 Å². The fourth-order valence-corrected chi connectivity index (χ4v) is 5.50. The Labute approximate surface area is 225 Å². The fraction of sp³-hybridized carbons (Fsp3) is 0.312. The molecule has 0 aliphatic carbocycles. The second-order valence-electron chi connectivity index (χ2n) is 9.90. The molecule has 1 saturated heterocycles. The summed E-state index contributed by atoms with van der Waals surface area (Å²) < 4.78 is 0. The third kappa shape index (κ3) is 4.91. The summed E-state index contributed by atoms with van der Waals surface area (Å²) in [6.45, 7) is 7.42. The van der Waals surface area contributed by atoms with Crippen LogP contribution in [0.4, 0.5) is 17.1 Å². The van der Waals surface area contributed by atoms with Crippen LogP contribution < -0.4 is 15.1 Å². The minimum absolute atomic E-state index is 0.0283. The maximum Gasteiger partial charge on any atom is 0.258 e. The van der Waals surface area contributed by atoms with E-state index in [1.807, 2.05) is 63.4 Å². The highest BCUT2D eigenvalue weighted by atomic mass is 16.2. The molecular formula is C32H36N4O2. The van der Waals surface area contributed by atoms with E-state index in [0.717, 1.165) is 41.3 Å². The molecule has 0 atom stereocenters. The molecule has 6 heteroatoms. The Morgan fingerprint density at radius 3 is 2.21 bits per heavy atom. The molecule has 38 heavy (non-hydrogen) atoms. The van der Waals surface area contributed by atoms with Crippen molar-refractivity contribution in [1.29, 1.82) is 0 Å². The number of rotatable bonds is 7. The molecule has 0 saturated carbocycles. The number of hydrogen-bond donors (Lipinski definition) is 1. The molecule has 3 aromatic rings. The second-order valence-corrected chi connectivity index (χ2v) is 9.90. The van der Waals surface area contributed by atoms with Crippen molar-refractivity contribution in [3.05, 3.63) is 89.5 Å². The summed E-state index contributed by atoms with van der Waals surface area (Å²) in [6.07, 6.45) is 3.77. The summed E-state index contributed by atoms with van der Waals surface area (Å²) >= 11 is 0. The van der Waals surface area contributed by atoms with Gasteiger partial charge in [0.05, 0.1) is 11.3 Å². The zero-order valence-electron chi connectivity index (χ0n) is 22.5. The quantitative estimate of drug-likeness (QED) is 0.391. The Hall–Kier alpha value is -4.06. The zero-order chi connectivity index (χ0) is 26.6. The molecule has 1 N–H and O–H groups in total. The van der Waals surface area contributed by atoms with Crippen molar-refractivity contribution in [2.75, 3.05) is 48.3 Å². The molecule has 5 rings (SSSR count). The zero-order valence-corrected chi connectivity index (χ0v) is 22.5. The molecule has 0 radical (unpaired) electrons. The van der Waals surface area contributed by atoms with Crippen LogP contribution in [0.15, 0.2) is 72.8 Å². The maximum absolute atomic E-state index is 13.5. The predicted molar refractivity (Wildman–Crippen MR) is 156 cm³/mol. The summed E-state index contributed by atoms with van der Waals surface area (Å²) in [6, 6.07) is 24.1. The van der Waals surface area contributed by atoms with Gasteiger partial charge in [-0.25, -0.2) is 0 Å². The Kier molecular flexibility index (Phi) is 7.50. The number of piperidine rings is 1. The van der Waals surface area contributed by atoms with Gasteiger partial charge in [0.2, 0.25) is 0 Å². The van der Waals surface area contributed by atoms with Crippen LogP contribution in [0.5, 0.6) is 0 Å². The van der Waals surface area contributed by atoms with Crippen LogP contribution in [-0.4, -0.2) is 49.9 Å². The Morgan fingerprint density at radius 2 is 1.55 bits per heavy atom. The van der Waals surface area contributed by atoms with E-state index < -0.39 is 0 Å². The van der Waals surface area contributed by atoms with Crippen LogP contribution in [0.25, 0.3) is 11.3 Å². The number of nitrogens with one attached hydrogen (secondary N) is 1. The van der Waals surface area contributed by atoms with Crippen molar-refractivity contribution in [2.45, 2.75) is 33.1 Å². The number of fused-ring (bicyclic) bond motifs is 1. The molecule has 0 bridgehead atoms. The summed E-state index contributed by atoms with van der Waals surface area (Å²) in [4.78, 5) is 32.9. The standard InChI is InChI=1S/C32H36N4O2/c1-4-35(5-2)32(38)24-14-19-28-27(22-24)29(31(37)33-28)30(23-12-8-6-9-13-23)34(3)25-15-17-26(18-16-25)36-20-10-7-11-21-36/h6,8-9,12-19,22H,4-5,7,10-11,20-21H2,1-3H3,(H,33,37). The van der Waals surface area contributed by atoms with Gasteiger partial charge in [0.15, 0.2) is 0 Å². The van der Waals surface area contributed by atoms with E-state index in [4.69, 9.17) is 0 Å². The number of carbonyl (C=O) groups is 2. The molecule has 0 spiro atoms. The summed E-state index contributed by atoms with van der Waals surface area (Å²) in [5.74, 6) is -0.192. The molecule has 0 unspecified atom stereocenters. The van der Waals surface area contributed by atoms with E-state index >= 15 is 0 Å². The average Bonchev–Trinajstić information content (AvgIpc) is 3.29. The Morgan fingerprint density at radius 1 is 0.868 bits per heavy atom. The Balaban J connectivity index is 1.59. The maximum atomic E-state index is 13.5. The first kappa shape index (κ1) is 25.6. The lowest BCUT2D eigenvalue weighted by Crippen LogP contribution is -2.30. The average molecular weight is 509 g/mol. The largest absolute Gasteiger partial charge is 0.372 e. The van der Waals surface area contributed by atoms with E-state index in [-0.39, 0.29) is 11.8 Å². The van der Waals surface area contributed by atoms with E-state index in [1.54, 1.807) is 11.0 Å². The normalized spacial score (nSPS) is 16.1. The van der Waals surface area contributed by atoms with E-state index in [2.05, 4.69) is 39.4 Å². The SMILES string of the molecule is CCN(CC)C(=O)c1ccc2c(c1)C(=C(c1ccccc1)N(C)c1ccc(N3CCCCC3)cc1)C(=O)N2. The first-order valence-electron chi connectivity index (χ1n) is 13.6. The van der Waals surface area contributed by atoms with E-state index in [9.17, 15) is 9.59 Å². The molecule has 0 aromatic heterocycles. The van der Waals surface area contributed by atoms with Crippen molar-refractivity contribution in [1.82, 2.24) is 4.90 Å². The minimum Gasteiger partial charge on any atom is -0.372 e. The monoisotopic (exact) mass is 508 g/mol. The first-order valence-corrected chi connectivity index (χ1v) is 13.6. The highest BCUT2D eigenvalue weighted by Gasteiger charge is 2.31. The Bertz CT molecular complexity index is 1340. The lowest BCUT2D eigenvalue weighted by atomic mass is 9.97. The van der Waals surface area contributed by atoms with Crippen molar-refractivity contribution < 1.29 is 9.59 Å². The minimum atomic E-state index is -0.164. The van der Waals surface area contributed by atoms with Crippen LogP contribution in [0.2, 0.25) is 0 Å². The predicted octanol–water partition coefficient (Wildman–Crippen LogP) is 6.12. The molecule has 2 heterocycles. The van der Waals surface area contributed by atoms with Gasteiger partial charge < -0.3 is 20.0 Å². The number of carbonyl (C=O) groups excluding carboxylic acids is 2. The topological polar surface area (TPSA) is 55.9 Å². The van der Waals surface area contributed by atoms with Crippen LogP contribution in [0.3, 0.4) is 0 Å². The third-order valence-corrected chi connectivity index (χ3v) is 7.64. The van der Waals surface area contributed by atoms with Gasteiger partial charge in [-0.15, -0.1) is 0 Å². The van der Waals surface area contributed by atoms with Gasteiger partial charge >= 0.3 is 0 Å². The third-order valence-electron chi connectivity index (χ3n) is 7.64. The summed E-state index contributed by atoms with van der Waals surface area (Å²) in [5.41, 5.74) is 6.61. The first-order chi connectivity index (χ1) is 18.5. The number of benzene rings is 3. The van der Waals surface area contributed by atoms with Gasteiger partial charge in [-0.1, -0.05) is 30.3 Å². The molecule has 2 aliphatic heterocycles. The summed E-state index contributed by atoms with van der Waals surface area (Å²) in [7, 11) is 2.00. The van der Waals surface area contributed by atoms with Crippen molar-refractivity contribution in [3.63, 3.8) is 0 Å². The number of hydrogen-bond acceptors (Lipinski definition) is 4. The molecule has 6 nitrogen and oxygen atoms in total. The second kappa shape index (κ2) is 11.1. The van der Waals surface area contributed by atoms with Gasteiger partial charge in [0.25, 0.3) is 11.8 Å². The highest BCUT2D eigenvalue weighted by Crippen LogP contribution is 2.40. The van der Waals surface area contributed by atoms with Gasteiger partial charge in [-0.05, 0) is 81.1 Å². The fourth-order valence-electron chi connectivity index (χ4n) is 5.50. The van der Waals surface area contributed by atoms with Crippen LogP contribution in [0, 0.1) is 0 Å². The number of nitrogens with zero attached hydrogens (tertiary/aromatic N) is 3. The molecular weight excluding hydrogens is 472 g/mol. The van der Waals surface area contributed by atoms with E-state index in [1.165, 1.54) is 24.9 Å². The van der Waals surface area contributed by atoms with Crippen molar-refractivity contribution in [3.8, 4) is 0 Å². The van der Waals surface area contributed by atoms with Crippen LogP contribution >= 0.6 is 0 Å². The number of amides is 2. The number of anilines is 3. The van der Waals surface area contributed by atoms with E-state index in [0.29, 0.717) is 24.2 Å². The smallest absolute Gasteiger partial charge is 0.258 e. The van der Waals surface area contributed by atoms with Crippen molar-refractivity contribution in [2.24, 2.45) is 0 Å². The lowest BCUT2D eigenvalue weighted by molar-refractivity contribution is -0.110. The molecule has 2 aliphatic rings. The molecule has 1 fully saturated rings.